The van der Waals surface area contributed by atoms with Crippen molar-refractivity contribution in [1.29, 1.82) is 0 Å². The third kappa shape index (κ3) is 2.88. The van der Waals surface area contributed by atoms with Crippen LogP contribution in [0.1, 0.15) is 23.7 Å². The van der Waals surface area contributed by atoms with Crippen LogP contribution in [0.25, 0.3) is 0 Å². The van der Waals surface area contributed by atoms with Crippen LogP contribution in [0, 0.1) is 11.2 Å². The van der Waals surface area contributed by atoms with Crippen molar-refractivity contribution in [2.45, 2.75) is 13.3 Å². The number of hydrogen-bond acceptors (Lipinski definition) is 3. The Labute approximate surface area is 133 Å². The molecule has 0 bridgehead atoms. The molecule has 1 saturated heterocycles. The Morgan fingerprint density at radius 1 is 1.45 bits per heavy atom. The third-order valence-corrected chi connectivity index (χ3v) is 4.28. The summed E-state index contributed by atoms with van der Waals surface area (Å²) in [6, 6.07) is 2.63. The lowest BCUT2D eigenvalue weighted by molar-refractivity contribution is -0.128. The highest BCUT2D eigenvalue weighted by atomic mass is 35.5. The lowest BCUT2D eigenvalue weighted by Crippen LogP contribution is -2.40. The SMILES string of the molecule is CNC(=O)C1(C)CCN(C(=O)c2cc(OC)cc(Cl)c2F)C1. The van der Waals surface area contributed by atoms with Gasteiger partial charge >= 0.3 is 0 Å². The second-order valence-corrected chi connectivity index (χ2v) is 5.99. The summed E-state index contributed by atoms with van der Waals surface area (Å²) in [5.74, 6) is -1.10. The average Bonchev–Trinajstić information content (AvgIpc) is 2.92. The molecule has 120 valence electrons. The monoisotopic (exact) mass is 328 g/mol. The molecular formula is C15H18ClFN2O3. The minimum Gasteiger partial charge on any atom is -0.497 e. The van der Waals surface area contributed by atoms with Gasteiger partial charge in [-0.2, -0.15) is 0 Å². The molecule has 1 aromatic carbocycles. The van der Waals surface area contributed by atoms with Gasteiger partial charge in [0.25, 0.3) is 5.91 Å². The van der Waals surface area contributed by atoms with Crippen molar-refractivity contribution in [2.75, 3.05) is 27.2 Å². The number of methoxy groups -OCH3 is 1. The molecule has 0 radical (unpaired) electrons. The molecule has 1 atom stereocenters. The van der Waals surface area contributed by atoms with Gasteiger partial charge in [-0.15, -0.1) is 0 Å². The highest BCUT2D eigenvalue weighted by Gasteiger charge is 2.42. The smallest absolute Gasteiger partial charge is 0.257 e. The molecule has 7 heteroatoms. The molecule has 1 unspecified atom stereocenters. The summed E-state index contributed by atoms with van der Waals surface area (Å²) in [5.41, 5.74) is -0.811. The predicted molar refractivity (Wildman–Crippen MR) is 80.7 cm³/mol. The molecule has 0 saturated carbocycles. The summed E-state index contributed by atoms with van der Waals surface area (Å²) in [4.78, 5) is 25.9. The minimum absolute atomic E-state index is 0.132. The number of hydrogen-bond donors (Lipinski definition) is 1. The summed E-state index contributed by atoms with van der Waals surface area (Å²) in [7, 11) is 2.97. The number of carbonyl (C=O) groups excluding carboxylic acids is 2. The lowest BCUT2D eigenvalue weighted by atomic mass is 9.89. The first kappa shape index (κ1) is 16.5. The van der Waals surface area contributed by atoms with Gasteiger partial charge in [0.2, 0.25) is 5.91 Å². The molecule has 1 aromatic rings. The average molecular weight is 329 g/mol. The lowest BCUT2D eigenvalue weighted by Gasteiger charge is -2.23. The minimum atomic E-state index is -0.777. The number of carbonyl (C=O) groups is 2. The molecule has 1 N–H and O–H groups in total. The molecule has 0 spiro atoms. The number of nitrogens with zero attached hydrogens (tertiary/aromatic N) is 1. The van der Waals surface area contributed by atoms with Crippen molar-refractivity contribution in [1.82, 2.24) is 10.2 Å². The summed E-state index contributed by atoms with van der Waals surface area (Å²) >= 11 is 5.79. The Balaban J connectivity index is 2.27. The normalized spacial score (nSPS) is 20.9. The van der Waals surface area contributed by atoms with Crippen LogP contribution in [0.5, 0.6) is 5.75 Å². The first-order valence-corrected chi connectivity index (χ1v) is 7.24. The molecule has 1 aliphatic rings. The first-order chi connectivity index (χ1) is 10.3. The van der Waals surface area contributed by atoms with Gasteiger partial charge in [0.15, 0.2) is 5.82 Å². The molecule has 2 rings (SSSR count). The topological polar surface area (TPSA) is 58.6 Å². The van der Waals surface area contributed by atoms with Gasteiger partial charge in [0.1, 0.15) is 5.75 Å². The fraction of sp³-hybridized carbons (Fsp3) is 0.467. The number of benzene rings is 1. The Morgan fingerprint density at radius 2 is 2.14 bits per heavy atom. The van der Waals surface area contributed by atoms with E-state index in [2.05, 4.69) is 5.32 Å². The zero-order valence-electron chi connectivity index (χ0n) is 12.7. The van der Waals surface area contributed by atoms with E-state index in [-0.39, 0.29) is 23.0 Å². The third-order valence-electron chi connectivity index (χ3n) is 4.00. The van der Waals surface area contributed by atoms with Gasteiger partial charge in [0, 0.05) is 26.2 Å². The van der Waals surface area contributed by atoms with Crippen LogP contribution in [-0.2, 0) is 4.79 Å². The summed E-state index contributed by atoms with van der Waals surface area (Å²) in [6.45, 7) is 2.41. The standard InChI is InChI=1S/C15H18ClFN2O3/c1-15(14(21)18-2)4-5-19(8-15)13(20)10-6-9(22-3)7-11(16)12(10)17/h6-7H,4-5,8H2,1-3H3,(H,18,21). The van der Waals surface area contributed by atoms with Gasteiger partial charge in [-0.05, 0) is 19.4 Å². The number of likely N-dealkylation sites (tertiary alicyclic amines) is 1. The van der Waals surface area contributed by atoms with Crippen LogP contribution in [-0.4, -0.2) is 44.0 Å². The Bertz CT molecular complexity index is 623. The summed E-state index contributed by atoms with van der Waals surface area (Å²) < 4.78 is 19.1. The van der Waals surface area contributed by atoms with Crippen LogP contribution >= 0.6 is 11.6 Å². The largest absolute Gasteiger partial charge is 0.497 e. The maximum Gasteiger partial charge on any atom is 0.257 e. The second-order valence-electron chi connectivity index (χ2n) is 5.59. The van der Waals surface area contributed by atoms with Crippen LogP contribution in [0.3, 0.4) is 0 Å². The number of rotatable bonds is 3. The van der Waals surface area contributed by atoms with E-state index in [1.807, 2.05) is 0 Å². The van der Waals surface area contributed by atoms with Gasteiger partial charge in [-0.1, -0.05) is 11.6 Å². The first-order valence-electron chi connectivity index (χ1n) is 6.87. The van der Waals surface area contributed by atoms with Crippen molar-refractivity contribution >= 4 is 23.4 Å². The van der Waals surface area contributed by atoms with Gasteiger partial charge < -0.3 is 15.0 Å². The zero-order chi connectivity index (χ0) is 16.5. The Hall–Kier alpha value is -1.82. The highest BCUT2D eigenvalue weighted by Crippen LogP contribution is 2.33. The second kappa shape index (κ2) is 6.12. The molecule has 1 heterocycles. The van der Waals surface area contributed by atoms with Crippen molar-refractivity contribution < 1.29 is 18.7 Å². The van der Waals surface area contributed by atoms with Crippen molar-refractivity contribution in [3.63, 3.8) is 0 Å². The molecule has 1 fully saturated rings. The van der Waals surface area contributed by atoms with Gasteiger partial charge in [0.05, 0.1) is 23.1 Å². The predicted octanol–water partition coefficient (Wildman–Crippen LogP) is 2.09. The number of nitrogens with one attached hydrogen (secondary N) is 1. The van der Waals surface area contributed by atoms with E-state index >= 15 is 0 Å². The van der Waals surface area contributed by atoms with E-state index < -0.39 is 17.1 Å². The van der Waals surface area contributed by atoms with Gasteiger partial charge in [-0.3, -0.25) is 9.59 Å². The molecule has 5 nitrogen and oxygen atoms in total. The van der Waals surface area contributed by atoms with Crippen LogP contribution in [0.4, 0.5) is 4.39 Å². The van der Waals surface area contributed by atoms with E-state index in [9.17, 15) is 14.0 Å². The van der Waals surface area contributed by atoms with E-state index in [0.29, 0.717) is 18.7 Å². The zero-order valence-corrected chi connectivity index (χ0v) is 13.5. The van der Waals surface area contributed by atoms with E-state index in [1.54, 1.807) is 14.0 Å². The van der Waals surface area contributed by atoms with E-state index in [4.69, 9.17) is 16.3 Å². The van der Waals surface area contributed by atoms with Gasteiger partial charge in [-0.25, -0.2) is 4.39 Å². The fourth-order valence-corrected chi connectivity index (χ4v) is 2.84. The van der Waals surface area contributed by atoms with Crippen molar-refractivity contribution in [2.24, 2.45) is 5.41 Å². The molecular weight excluding hydrogens is 311 g/mol. The van der Waals surface area contributed by atoms with E-state index in [1.165, 1.54) is 24.1 Å². The van der Waals surface area contributed by atoms with Crippen LogP contribution in [0.2, 0.25) is 5.02 Å². The van der Waals surface area contributed by atoms with Crippen LogP contribution in [0.15, 0.2) is 12.1 Å². The van der Waals surface area contributed by atoms with Crippen LogP contribution < -0.4 is 10.1 Å². The molecule has 1 aliphatic heterocycles. The van der Waals surface area contributed by atoms with E-state index in [0.717, 1.165) is 0 Å². The fourth-order valence-electron chi connectivity index (χ4n) is 2.63. The number of ether oxygens (including phenoxy) is 1. The number of halogens is 2. The van der Waals surface area contributed by atoms with Crippen molar-refractivity contribution in [3.8, 4) is 5.75 Å². The molecule has 0 aliphatic carbocycles. The molecule has 0 aromatic heterocycles. The highest BCUT2D eigenvalue weighted by molar-refractivity contribution is 6.31. The maximum atomic E-state index is 14.1. The molecule has 22 heavy (non-hydrogen) atoms. The Kier molecular flexibility index (Phi) is 4.60. The molecule has 2 amide bonds. The summed E-state index contributed by atoms with van der Waals surface area (Å²) in [5, 5.41) is 2.42. The van der Waals surface area contributed by atoms with Crippen molar-refractivity contribution in [3.05, 3.63) is 28.5 Å². The number of amides is 2. The maximum absolute atomic E-state index is 14.1. The Morgan fingerprint density at radius 3 is 2.73 bits per heavy atom. The summed E-state index contributed by atoms with van der Waals surface area (Å²) in [6.07, 6.45) is 0.526. The quantitative estimate of drug-likeness (QED) is 0.924.